The molecule has 0 saturated carbocycles. The molecule has 0 spiro atoms. The monoisotopic (exact) mass is 278 g/mol. The van der Waals surface area contributed by atoms with Crippen molar-refractivity contribution in [3.05, 3.63) is 18.6 Å². The van der Waals surface area contributed by atoms with E-state index in [1.54, 1.807) is 18.6 Å². The number of amides is 1. The predicted molar refractivity (Wildman–Crippen MR) is 76.8 cm³/mol. The SMILES string of the molecule is CC(C)(C[C@@H]1CCCN(c2cnccn2)C1)NC(=O)O. The molecule has 0 bridgehead atoms. The molecule has 0 radical (unpaired) electrons. The predicted octanol–water partition coefficient (Wildman–Crippen LogP) is 2.13. The quantitative estimate of drug-likeness (QED) is 0.882. The highest BCUT2D eigenvalue weighted by atomic mass is 16.4. The molecule has 2 heterocycles. The fraction of sp³-hybridized carbons (Fsp3) is 0.643. The Morgan fingerprint density at radius 2 is 2.35 bits per heavy atom. The molecule has 1 aromatic heterocycles. The van der Waals surface area contributed by atoms with Gasteiger partial charge in [0.25, 0.3) is 0 Å². The molecule has 1 aliphatic heterocycles. The number of hydrogen-bond donors (Lipinski definition) is 2. The third-order valence-electron chi connectivity index (χ3n) is 3.64. The van der Waals surface area contributed by atoms with Crippen LogP contribution in [0.2, 0.25) is 0 Å². The summed E-state index contributed by atoms with van der Waals surface area (Å²) in [4.78, 5) is 21.5. The van der Waals surface area contributed by atoms with Gasteiger partial charge >= 0.3 is 6.09 Å². The second kappa shape index (κ2) is 6.07. The average Bonchev–Trinajstić information content (AvgIpc) is 2.38. The largest absolute Gasteiger partial charge is 0.465 e. The van der Waals surface area contributed by atoms with Gasteiger partial charge in [-0.1, -0.05) is 0 Å². The minimum atomic E-state index is -0.961. The summed E-state index contributed by atoms with van der Waals surface area (Å²) in [5.41, 5.74) is -0.401. The zero-order valence-electron chi connectivity index (χ0n) is 12.0. The van der Waals surface area contributed by atoms with Crippen molar-refractivity contribution in [1.82, 2.24) is 15.3 Å². The summed E-state index contributed by atoms with van der Waals surface area (Å²) in [6.45, 7) is 5.76. The fourth-order valence-electron chi connectivity index (χ4n) is 2.96. The van der Waals surface area contributed by atoms with Crippen LogP contribution in [0.4, 0.5) is 10.6 Å². The van der Waals surface area contributed by atoms with Gasteiger partial charge in [-0.2, -0.15) is 0 Å². The summed E-state index contributed by atoms with van der Waals surface area (Å²) >= 11 is 0. The molecule has 1 amide bonds. The molecule has 1 fully saturated rings. The average molecular weight is 278 g/mol. The highest BCUT2D eigenvalue weighted by molar-refractivity contribution is 5.65. The Morgan fingerprint density at radius 1 is 1.55 bits per heavy atom. The Bertz CT molecular complexity index is 450. The Hall–Kier alpha value is -1.85. The van der Waals surface area contributed by atoms with Gasteiger partial charge in [0, 0.05) is 31.0 Å². The lowest BCUT2D eigenvalue weighted by atomic mass is 9.85. The minimum Gasteiger partial charge on any atom is -0.465 e. The van der Waals surface area contributed by atoms with Gasteiger partial charge in [0.1, 0.15) is 5.82 Å². The third-order valence-corrected chi connectivity index (χ3v) is 3.64. The van der Waals surface area contributed by atoms with Crippen molar-refractivity contribution >= 4 is 11.9 Å². The number of aromatic nitrogens is 2. The molecule has 1 atom stereocenters. The van der Waals surface area contributed by atoms with E-state index in [1.165, 1.54) is 0 Å². The van der Waals surface area contributed by atoms with E-state index in [0.717, 1.165) is 38.2 Å². The normalized spacial score (nSPS) is 19.7. The van der Waals surface area contributed by atoms with E-state index in [0.29, 0.717) is 5.92 Å². The van der Waals surface area contributed by atoms with E-state index in [1.807, 2.05) is 13.8 Å². The second-order valence-corrected chi connectivity index (χ2v) is 6.04. The first-order valence-electron chi connectivity index (χ1n) is 6.98. The molecule has 6 heteroatoms. The molecule has 1 saturated heterocycles. The summed E-state index contributed by atoms with van der Waals surface area (Å²) in [5.74, 6) is 1.37. The van der Waals surface area contributed by atoms with Crippen molar-refractivity contribution in [2.75, 3.05) is 18.0 Å². The van der Waals surface area contributed by atoms with Crippen molar-refractivity contribution in [1.29, 1.82) is 0 Å². The standard InChI is InChI=1S/C14H22N4O2/c1-14(2,17-13(19)20)8-11-4-3-7-18(10-11)12-9-15-5-6-16-12/h5-6,9,11,17H,3-4,7-8,10H2,1-2H3,(H,19,20)/t11-/m0/s1. The molecule has 110 valence electrons. The number of anilines is 1. The van der Waals surface area contributed by atoms with Gasteiger partial charge in [-0.3, -0.25) is 4.98 Å². The van der Waals surface area contributed by atoms with Crippen LogP contribution in [0.15, 0.2) is 18.6 Å². The first-order chi connectivity index (χ1) is 9.46. The Morgan fingerprint density at radius 3 is 3.00 bits per heavy atom. The molecule has 6 nitrogen and oxygen atoms in total. The van der Waals surface area contributed by atoms with Crippen molar-refractivity contribution in [2.45, 2.75) is 38.6 Å². The van der Waals surface area contributed by atoms with Crippen molar-refractivity contribution in [3.63, 3.8) is 0 Å². The van der Waals surface area contributed by atoms with Gasteiger partial charge in [0.2, 0.25) is 0 Å². The van der Waals surface area contributed by atoms with E-state index >= 15 is 0 Å². The topological polar surface area (TPSA) is 78.4 Å². The van der Waals surface area contributed by atoms with Crippen molar-refractivity contribution < 1.29 is 9.90 Å². The number of rotatable bonds is 4. The summed E-state index contributed by atoms with van der Waals surface area (Å²) in [5, 5.41) is 11.5. The van der Waals surface area contributed by atoms with E-state index < -0.39 is 11.6 Å². The molecule has 2 rings (SSSR count). The smallest absolute Gasteiger partial charge is 0.405 e. The third kappa shape index (κ3) is 4.08. The molecule has 20 heavy (non-hydrogen) atoms. The van der Waals surface area contributed by atoms with Crippen molar-refractivity contribution in [2.24, 2.45) is 5.92 Å². The van der Waals surface area contributed by atoms with Crippen LogP contribution in [0, 0.1) is 5.92 Å². The number of carbonyl (C=O) groups is 1. The number of piperidine rings is 1. The van der Waals surface area contributed by atoms with Crippen molar-refractivity contribution in [3.8, 4) is 0 Å². The van der Waals surface area contributed by atoms with Gasteiger partial charge in [-0.25, -0.2) is 9.78 Å². The van der Waals surface area contributed by atoms with Gasteiger partial charge < -0.3 is 15.3 Å². The second-order valence-electron chi connectivity index (χ2n) is 6.04. The lowest BCUT2D eigenvalue weighted by Crippen LogP contribution is -2.46. The highest BCUT2D eigenvalue weighted by Gasteiger charge is 2.28. The zero-order valence-corrected chi connectivity index (χ0v) is 12.0. The maximum Gasteiger partial charge on any atom is 0.405 e. The van der Waals surface area contributed by atoms with E-state index in [9.17, 15) is 4.79 Å². The lowest BCUT2D eigenvalue weighted by molar-refractivity contribution is 0.174. The van der Waals surface area contributed by atoms with E-state index in [-0.39, 0.29) is 0 Å². The van der Waals surface area contributed by atoms with Crippen LogP contribution in [-0.2, 0) is 0 Å². The fourth-order valence-corrected chi connectivity index (χ4v) is 2.96. The first-order valence-corrected chi connectivity index (χ1v) is 6.98. The van der Waals surface area contributed by atoms with Crippen LogP contribution >= 0.6 is 0 Å². The number of nitrogens with zero attached hydrogens (tertiary/aromatic N) is 3. The Kier molecular flexibility index (Phi) is 4.42. The van der Waals surface area contributed by atoms with Crippen LogP contribution in [-0.4, -0.2) is 39.8 Å². The van der Waals surface area contributed by atoms with Crippen LogP contribution in [0.1, 0.15) is 33.1 Å². The molecule has 1 aromatic rings. The summed E-state index contributed by atoms with van der Waals surface area (Å²) in [6, 6.07) is 0. The highest BCUT2D eigenvalue weighted by Crippen LogP contribution is 2.27. The molecule has 2 N–H and O–H groups in total. The summed E-state index contributed by atoms with van der Waals surface area (Å²) in [6.07, 6.45) is 7.25. The lowest BCUT2D eigenvalue weighted by Gasteiger charge is -2.37. The van der Waals surface area contributed by atoms with E-state index in [4.69, 9.17) is 5.11 Å². The van der Waals surface area contributed by atoms with Crippen LogP contribution in [0.25, 0.3) is 0 Å². The number of carboxylic acid groups (broad SMARTS) is 1. The molecule has 0 aromatic carbocycles. The maximum absolute atomic E-state index is 10.8. The van der Waals surface area contributed by atoms with Gasteiger partial charge in [-0.15, -0.1) is 0 Å². The van der Waals surface area contributed by atoms with E-state index in [2.05, 4.69) is 20.2 Å². The maximum atomic E-state index is 10.8. The first kappa shape index (κ1) is 14.6. The van der Waals surface area contributed by atoms with Crippen LogP contribution < -0.4 is 10.2 Å². The molecule has 1 aliphatic rings. The Balaban J connectivity index is 1.95. The zero-order chi connectivity index (χ0) is 14.6. The summed E-state index contributed by atoms with van der Waals surface area (Å²) < 4.78 is 0. The minimum absolute atomic E-state index is 0.401. The number of hydrogen-bond acceptors (Lipinski definition) is 4. The van der Waals surface area contributed by atoms with Gasteiger partial charge in [0.15, 0.2) is 0 Å². The van der Waals surface area contributed by atoms with Gasteiger partial charge in [0.05, 0.1) is 6.20 Å². The summed E-state index contributed by atoms with van der Waals surface area (Å²) in [7, 11) is 0. The van der Waals surface area contributed by atoms with Gasteiger partial charge in [-0.05, 0) is 39.0 Å². The molecular weight excluding hydrogens is 256 g/mol. The van der Waals surface area contributed by atoms with Crippen LogP contribution in [0.5, 0.6) is 0 Å². The molecular formula is C14H22N4O2. The molecule has 0 aliphatic carbocycles. The number of nitrogens with one attached hydrogen (secondary N) is 1. The Labute approximate surface area is 119 Å². The van der Waals surface area contributed by atoms with Crippen LogP contribution in [0.3, 0.4) is 0 Å². The molecule has 0 unspecified atom stereocenters.